The number of H-pyrrole nitrogens is 1. The molecule has 2 aliphatic rings. The van der Waals surface area contributed by atoms with Gasteiger partial charge in [0.1, 0.15) is 10.9 Å². The van der Waals surface area contributed by atoms with Crippen LogP contribution in [0.1, 0.15) is 26.3 Å². The number of nitrogens with one attached hydrogen (secondary N) is 1. The number of carbonyl (C=O) groups is 2. The van der Waals surface area contributed by atoms with Gasteiger partial charge in [-0.1, -0.05) is 54.6 Å². The molecule has 9 heteroatoms. The molecule has 1 N–H and O–H groups in total. The number of aromatic amines is 1. The summed E-state index contributed by atoms with van der Waals surface area (Å²) in [5.74, 6) is 1.35. The first-order valence-corrected chi connectivity index (χ1v) is 15.0. The van der Waals surface area contributed by atoms with Gasteiger partial charge >= 0.3 is 0 Å². The van der Waals surface area contributed by atoms with Gasteiger partial charge in [0.2, 0.25) is 0 Å². The van der Waals surface area contributed by atoms with E-state index in [2.05, 4.69) is 27.1 Å². The van der Waals surface area contributed by atoms with Crippen LogP contribution in [0.5, 0.6) is 0 Å². The van der Waals surface area contributed by atoms with Crippen LogP contribution in [0.15, 0.2) is 102 Å². The number of rotatable bonds is 6. The highest BCUT2D eigenvalue weighted by Gasteiger charge is 2.44. The first-order chi connectivity index (χ1) is 20.6. The molecule has 42 heavy (non-hydrogen) atoms. The molecule has 2 aromatic heterocycles. The van der Waals surface area contributed by atoms with Crippen LogP contribution in [0, 0.1) is 0 Å². The fourth-order valence-electron chi connectivity index (χ4n) is 5.70. The van der Waals surface area contributed by atoms with Crippen molar-refractivity contribution in [3.63, 3.8) is 0 Å². The number of amides is 2. The van der Waals surface area contributed by atoms with Gasteiger partial charge in [-0.3, -0.25) is 9.59 Å². The van der Waals surface area contributed by atoms with Gasteiger partial charge in [-0.15, -0.1) is 11.8 Å². The number of imidazole rings is 1. The summed E-state index contributed by atoms with van der Waals surface area (Å²) in [5, 5.41) is 0.713. The molecule has 2 amide bonds. The molecule has 2 fully saturated rings. The molecule has 5 aromatic rings. The molecule has 2 atom stereocenters. The number of ether oxygens (including phenoxy) is 1. The molecular formula is C33H29N5O3S. The summed E-state index contributed by atoms with van der Waals surface area (Å²) in [6, 6.07) is 29.0. The molecule has 2 aliphatic heterocycles. The second-order valence-corrected chi connectivity index (χ2v) is 11.5. The molecule has 3 aromatic carbocycles. The molecule has 4 heterocycles. The molecule has 0 bridgehead atoms. The average molecular weight is 576 g/mol. The zero-order valence-electron chi connectivity index (χ0n) is 22.8. The molecular weight excluding hydrogens is 546 g/mol. The summed E-state index contributed by atoms with van der Waals surface area (Å²) in [6.45, 7) is 1.79. The van der Waals surface area contributed by atoms with Crippen molar-refractivity contribution in [3.05, 3.63) is 114 Å². The average Bonchev–Trinajstić information content (AvgIpc) is 3.69. The number of hydrogen-bond donors (Lipinski definition) is 1. The number of carbonyl (C=O) groups excluding carboxylic acids is 2. The summed E-state index contributed by atoms with van der Waals surface area (Å²) in [6.07, 6.45) is 1.50. The van der Waals surface area contributed by atoms with Crippen LogP contribution in [-0.4, -0.2) is 75.0 Å². The van der Waals surface area contributed by atoms with E-state index in [1.54, 1.807) is 28.9 Å². The molecule has 0 saturated carbocycles. The summed E-state index contributed by atoms with van der Waals surface area (Å²) >= 11 is 1.56. The third-order valence-corrected chi connectivity index (χ3v) is 8.94. The van der Waals surface area contributed by atoms with E-state index < -0.39 is 0 Å². The van der Waals surface area contributed by atoms with Gasteiger partial charge in [0, 0.05) is 42.7 Å². The Hall–Kier alpha value is -4.47. The fraction of sp³-hybridized carbons (Fsp3) is 0.212. The van der Waals surface area contributed by atoms with Crippen LogP contribution < -0.4 is 0 Å². The van der Waals surface area contributed by atoms with Crippen LogP contribution in [0.3, 0.4) is 0 Å². The first-order valence-electron chi connectivity index (χ1n) is 14.0. The van der Waals surface area contributed by atoms with E-state index in [0.29, 0.717) is 42.4 Å². The largest absolute Gasteiger partial charge is 0.372 e. The number of benzene rings is 3. The molecule has 210 valence electrons. The van der Waals surface area contributed by atoms with Crippen molar-refractivity contribution >= 4 is 34.6 Å². The van der Waals surface area contributed by atoms with E-state index in [1.807, 2.05) is 77.7 Å². The third-order valence-electron chi connectivity index (χ3n) is 7.86. The number of morpholine rings is 1. The highest BCUT2D eigenvalue weighted by molar-refractivity contribution is 7.98. The van der Waals surface area contributed by atoms with Crippen molar-refractivity contribution in [2.45, 2.75) is 22.9 Å². The van der Waals surface area contributed by atoms with E-state index in [0.717, 1.165) is 28.2 Å². The maximum atomic E-state index is 13.9. The Morgan fingerprint density at radius 3 is 2.55 bits per heavy atom. The topological polar surface area (TPSA) is 91.4 Å². The predicted molar refractivity (Wildman–Crippen MR) is 162 cm³/mol. The number of aromatic nitrogens is 3. The van der Waals surface area contributed by atoms with E-state index in [9.17, 15) is 9.59 Å². The Morgan fingerprint density at radius 2 is 1.71 bits per heavy atom. The summed E-state index contributed by atoms with van der Waals surface area (Å²) < 4.78 is 6.05. The van der Waals surface area contributed by atoms with Crippen molar-refractivity contribution in [1.29, 1.82) is 0 Å². The van der Waals surface area contributed by atoms with Gasteiger partial charge in [-0.05, 0) is 42.0 Å². The van der Waals surface area contributed by atoms with Crippen LogP contribution in [0.4, 0.5) is 0 Å². The van der Waals surface area contributed by atoms with Crippen LogP contribution in [-0.2, 0) is 10.5 Å². The van der Waals surface area contributed by atoms with Gasteiger partial charge < -0.3 is 19.5 Å². The molecule has 7 rings (SSSR count). The molecule has 0 radical (unpaired) electrons. The number of hydrogen-bond acceptors (Lipinski definition) is 6. The number of pyridine rings is 1. The number of likely N-dealkylation sites (tertiary alicyclic amines) is 1. The molecule has 8 nitrogen and oxygen atoms in total. The fourth-order valence-corrected chi connectivity index (χ4v) is 6.64. The van der Waals surface area contributed by atoms with Gasteiger partial charge in [0.15, 0.2) is 0 Å². The molecule has 0 spiro atoms. The standard InChI is InChI=1S/C33H29N5O3S/c39-32(24-14-12-23(13-15-24)30-35-26-10-4-5-11-27(26)36-30)37-19-28-29(20-37)41-18-17-38(28)33(40)25-9-6-16-34-31(25)42-21-22-7-2-1-3-8-22/h1-16,28-29H,17-21H2,(H,35,36)/t28-,29+/m0/s1. The Bertz CT molecular complexity index is 1710. The second-order valence-electron chi connectivity index (χ2n) is 10.5. The minimum Gasteiger partial charge on any atom is -0.372 e. The van der Waals surface area contributed by atoms with Crippen LogP contribution in [0.2, 0.25) is 0 Å². The first kappa shape index (κ1) is 26.4. The Balaban J connectivity index is 1.05. The van der Waals surface area contributed by atoms with E-state index in [1.165, 1.54) is 5.56 Å². The van der Waals surface area contributed by atoms with Gasteiger partial charge in [0.05, 0.1) is 35.3 Å². The number of nitrogens with zero attached hydrogens (tertiary/aromatic N) is 4. The van der Waals surface area contributed by atoms with Crippen molar-refractivity contribution in [2.75, 3.05) is 26.2 Å². The monoisotopic (exact) mass is 575 g/mol. The summed E-state index contributed by atoms with van der Waals surface area (Å²) in [4.78, 5) is 43.6. The van der Waals surface area contributed by atoms with Crippen molar-refractivity contribution in [2.24, 2.45) is 0 Å². The quantitative estimate of drug-likeness (QED) is 0.277. The minimum absolute atomic E-state index is 0.0681. The third kappa shape index (κ3) is 5.17. The minimum atomic E-state index is -0.224. The lowest BCUT2D eigenvalue weighted by Crippen LogP contribution is -2.53. The Kier molecular flexibility index (Phi) is 7.19. The highest BCUT2D eigenvalue weighted by atomic mass is 32.2. The van der Waals surface area contributed by atoms with Crippen LogP contribution in [0.25, 0.3) is 22.4 Å². The lowest BCUT2D eigenvalue weighted by atomic mass is 10.1. The second kappa shape index (κ2) is 11.4. The lowest BCUT2D eigenvalue weighted by molar-refractivity contribution is -0.0370. The van der Waals surface area contributed by atoms with Gasteiger partial charge in [-0.25, -0.2) is 9.97 Å². The maximum absolute atomic E-state index is 13.9. The zero-order valence-corrected chi connectivity index (χ0v) is 23.7. The van der Waals surface area contributed by atoms with Crippen molar-refractivity contribution in [3.8, 4) is 11.4 Å². The molecule has 0 aliphatic carbocycles. The number of para-hydroxylation sites is 2. The molecule has 2 saturated heterocycles. The lowest BCUT2D eigenvalue weighted by Gasteiger charge is -2.36. The van der Waals surface area contributed by atoms with E-state index >= 15 is 0 Å². The van der Waals surface area contributed by atoms with Gasteiger partial charge in [-0.2, -0.15) is 0 Å². The smallest absolute Gasteiger partial charge is 0.257 e. The Morgan fingerprint density at radius 1 is 0.905 bits per heavy atom. The SMILES string of the molecule is O=C(c1ccc(-c2nc3ccccc3[nH]2)cc1)N1C[C@H]2OCCN(C(=O)c3cccnc3SCc3ccccc3)[C@H]2C1. The predicted octanol–water partition coefficient (Wildman–Crippen LogP) is 5.28. The van der Waals surface area contributed by atoms with Gasteiger partial charge in [0.25, 0.3) is 11.8 Å². The normalized spacial score (nSPS) is 18.3. The van der Waals surface area contributed by atoms with E-state index in [4.69, 9.17) is 4.74 Å². The summed E-state index contributed by atoms with van der Waals surface area (Å²) in [5.41, 5.74) is 5.14. The zero-order chi connectivity index (χ0) is 28.5. The maximum Gasteiger partial charge on any atom is 0.257 e. The Labute approximate surface area is 247 Å². The molecule has 0 unspecified atom stereocenters. The van der Waals surface area contributed by atoms with Crippen LogP contribution >= 0.6 is 11.8 Å². The van der Waals surface area contributed by atoms with E-state index in [-0.39, 0.29) is 24.0 Å². The number of fused-ring (bicyclic) bond motifs is 2. The van der Waals surface area contributed by atoms with Crippen molar-refractivity contribution in [1.82, 2.24) is 24.8 Å². The number of thioether (sulfide) groups is 1. The summed E-state index contributed by atoms with van der Waals surface area (Å²) in [7, 11) is 0. The van der Waals surface area contributed by atoms with Crippen molar-refractivity contribution < 1.29 is 14.3 Å². The highest BCUT2D eigenvalue weighted by Crippen LogP contribution is 2.30.